The molecule has 0 aromatic carbocycles. The van der Waals surface area contributed by atoms with Crippen LogP contribution in [0.15, 0.2) is 0 Å². The Morgan fingerprint density at radius 2 is 0.778 bits per heavy atom. The lowest BCUT2D eigenvalue weighted by Crippen LogP contribution is -2.74. The van der Waals surface area contributed by atoms with Gasteiger partial charge in [0.15, 0.2) is 0 Å². The Labute approximate surface area is 113 Å². The first-order valence-corrected chi connectivity index (χ1v) is 7.09. The van der Waals surface area contributed by atoms with Gasteiger partial charge < -0.3 is 30.8 Å². The normalized spacial score (nSPS) is 22.0. The van der Waals surface area contributed by atoms with Crippen LogP contribution in [0.5, 0.6) is 0 Å². The number of rotatable bonds is 3. The van der Waals surface area contributed by atoms with Gasteiger partial charge in [-0.2, -0.15) is 0 Å². The van der Waals surface area contributed by atoms with Crippen LogP contribution in [-0.2, 0) is 0 Å². The second kappa shape index (κ2) is 6.54. The third-order valence-corrected chi connectivity index (χ3v) is 3.55. The molecule has 6 N–H and O–H groups in total. The van der Waals surface area contributed by atoms with Crippen LogP contribution in [-0.4, -0.2) is 41.9 Å². The van der Waals surface area contributed by atoms with Crippen LogP contribution in [0, 0.1) is 0 Å². The van der Waals surface area contributed by atoms with E-state index in [1.165, 1.54) is 0 Å². The van der Waals surface area contributed by atoms with Crippen molar-refractivity contribution in [1.82, 2.24) is 30.8 Å². The molecular weight excluding hydrogens is 221 g/mol. The lowest BCUT2D eigenvalue weighted by atomic mass is 9.44. The lowest BCUT2D eigenvalue weighted by molar-refractivity contribution is 1.08. The summed E-state index contributed by atoms with van der Waals surface area (Å²) in [6.07, 6.45) is 2.22. The molecule has 0 saturated carbocycles. The van der Waals surface area contributed by atoms with E-state index in [0.29, 0.717) is 41.9 Å². The van der Waals surface area contributed by atoms with E-state index in [1.54, 1.807) is 0 Å². The summed E-state index contributed by atoms with van der Waals surface area (Å²) in [6.45, 7) is 10.9. The molecule has 2 fully saturated rings. The van der Waals surface area contributed by atoms with Crippen LogP contribution in [0.3, 0.4) is 0 Å². The van der Waals surface area contributed by atoms with Crippen molar-refractivity contribution in [2.24, 2.45) is 0 Å². The van der Waals surface area contributed by atoms with Gasteiger partial charge in [0.25, 0.3) is 41.9 Å². The second-order valence-corrected chi connectivity index (χ2v) is 5.57. The van der Waals surface area contributed by atoms with Gasteiger partial charge in [-0.1, -0.05) is 27.3 Å². The summed E-state index contributed by atoms with van der Waals surface area (Å²) in [5, 5.41) is 20.9. The zero-order valence-electron chi connectivity index (χ0n) is 11.9. The summed E-state index contributed by atoms with van der Waals surface area (Å²) in [4.78, 5) is 0. The van der Waals surface area contributed by atoms with Crippen LogP contribution in [0.2, 0.25) is 39.9 Å². The van der Waals surface area contributed by atoms with Gasteiger partial charge in [0.1, 0.15) is 0 Å². The van der Waals surface area contributed by atoms with Gasteiger partial charge in [-0.25, -0.2) is 0 Å². The highest BCUT2D eigenvalue weighted by molar-refractivity contribution is 6.88. The fourth-order valence-corrected chi connectivity index (χ4v) is 2.91. The molecule has 0 atom stereocenters. The lowest BCUT2D eigenvalue weighted by Gasteiger charge is -2.33. The minimum Gasteiger partial charge on any atom is -0.372 e. The fraction of sp³-hybridized carbons (Fsp3) is 1.00. The van der Waals surface area contributed by atoms with Gasteiger partial charge in [0.2, 0.25) is 0 Å². The van der Waals surface area contributed by atoms with Crippen LogP contribution < -0.4 is 30.8 Å². The molecule has 0 aromatic heterocycles. The molecule has 0 bridgehead atoms. The molecule has 0 spiro atoms. The Morgan fingerprint density at radius 1 is 0.500 bits per heavy atom. The van der Waals surface area contributed by atoms with Gasteiger partial charge in [-0.05, 0) is 12.6 Å². The van der Waals surface area contributed by atoms with Crippen molar-refractivity contribution in [3.63, 3.8) is 0 Å². The Bertz CT molecular complexity index is 227. The molecule has 0 radical (unpaired) electrons. The topological polar surface area (TPSA) is 72.2 Å². The first-order valence-electron chi connectivity index (χ1n) is 7.09. The van der Waals surface area contributed by atoms with E-state index in [9.17, 15) is 0 Å². The standard InChI is InChI=1S/C6H22B6N6/c1-7-13-8(2)16-11(15-7)5-6-12-17-9(3)14-10(4)18-12/h13-18H,5-6H2,1-4H3. The molecule has 2 heterocycles. The summed E-state index contributed by atoms with van der Waals surface area (Å²) in [5.41, 5.74) is 0. The molecule has 2 rings (SSSR count). The molecule has 6 nitrogen and oxygen atoms in total. The number of hydrogen-bond acceptors (Lipinski definition) is 6. The van der Waals surface area contributed by atoms with E-state index in [2.05, 4.69) is 58.1 Å². The first-order chi connectivity index (χ1) is 8.52. The van der Waals surface area contributed by atoms with Crippen LogP contribution >= 0.6 is 0 Å². The third-order valence-electron chi connectivity index (χ3n) is 3.55. The molecule has 18 heavy (non-hydrogen) atoms. The predicted molar refractivity (Wildman–Crippen MR) is 86.4 cm³/mol. The third kappa shape index (κ3) is 4.36. The average Bonchev–Trinajstić information content (AvgIpc) is 2.23. The zero-order chi connectivity index (χ0) is 13.1. The van der Waals surface area contributed by atoms with Crippen molar-refractivity contribution in [2.75, 3.05) is 0 Å². The van der Waals surface area contributed by atoms with Crippen molar-refractivity contribution in [3.05, 3.63) is 0 Å². The molecule has 0 aromatic rings. The Hall–Kier alpha value is 0.150. The maximum absolute atomic E-state index is 3.52. The minimum atomic E-state index is 0.373. The van der Waals surface area contributed by atoms with E-state index in [1.807, 2.05) is 0 Å². The van der Waals surface area contributed by atoms with Crippen LogP contribution in [0.4, 0.5) is 0 Å². The number of hydrogen-bond donors (Lipinski definition) is 6. The molecule has 12 heteroatoms. The Morgan fingerprint density at radius 3 is 1.06 bits per heavy atom. The smallest absolute Gasteiger partial charge is 0.284 e. The van der Waals surface area contributed by atoms with Gasteiger partial charge in [-0.15, -0.1) is 0 Å². The van der Waals surface area contributed by atoms with E-state index < -0.39 is 0 Å². The number of nitrogens with one attached hydrogen (secondary N) is 6. The van der Waals surface area contributed by atoms with E-state index >= 15 is 0 Å². The van der Waals surface area contributed by atoms with Gasteiger partial charge in [0, 0.05) is 0 Å². The van der Waals surface area contributed by atoms with Gasteiger partial charge in [0.05, 0.1) is 0 Å². The van der Waals surface area contributed by atoms with Gasteiger partial charge >= 0.3 is 0 Å². The molecule has 0 amide bonds. The Kier molecular flexibility index (Phi) is 5.29. The minimum absolute atomic E-state index is 0.373. The van der Waals surface area contributed by atoms with Gasteiger partial charge in [-0.3, -0.25) is 0 Å². The van der Waals surface area contributed by atoms with Crippen molar-refractivity contribution in [2.45, 2.75) is 39.9 Å². The van der Waals surface area contributed by atoms with Crippen molar-refractivity contribution >= 4 is 41.9 Å². The largest absolute Gasteiger partial charge is 0.372 e. The summed E-state index contributed by atoms with van der Waals surface area (Å²) >= 11 is 0. The average molecular weight is 243 g/mol. The summed E-state index contributed by atoms with van der Waals surface area (Å²) in [6, 6.07) is 0. The zero-order valence-corrected chi connectivity index (χ0v) is 11.9. The highest BCUT2D eigenvalue weighted by Crippen LogP contribution is 2.01. The van der Waals surface area contributed by atoms with Crippen LogP contribution in [0.25, 0.3) is 0 Å². The molecule has 0 unspecified atom stereocenters. The van der Waals surface area contributed by atoms with E-state index in [4.69, 9.17) is 0 Å². The van der Waals surface area contributed by atoms with Crippen molar-refractivity contribution in [3.8, 4) is 0 Å². The highest BCUT2D eigenvalue weighted by Gasteiger charge is 2.33. The molecule has 2 aliphatic rings. The second-order valence-electron chi connectivity index (χ2n) is 5.57. The summed E-state index contributed by atoms with van der Waals surface area (Å²) < 4.78 is 0. The van der Waals surface area contributed by atoms with E-state index in [0.717, 1.165) is 12.6 Å². The maximum Gasteiger partial charge on any atom is 0.284 e. The molecule has 0 aliphatic carbocycles. The Balaban J connectivity index is 1.73. The predicted octanol–water partition coefficient (Wildman–Crippen LogP) is -2.00. The van der Waals surface area contributed by atoms with Crippen molar-refractivity contribution < 1.29 is 0 Å². The summed E-state index contributed by atoms with van der Waals surface area (Å²) in [5.74, 6) is 0. The molecular formula is C6H22B6N6. The SMILES string of the molecule is CB1NB(C)NB(CCB2NB(C)NB(C)N2)N1. The monoisotopic (exact) mass is 244 g/mol. The van der Waals surface area contributed by atoms with Crippen LogP contribution in [0.1, 0.15) is 0 Å². The molecule has 2 aliphatic heterocycles. The molecule has 2 saturated heterocycles. The van der Waals surface area contributed by atoms with E-state index in [-0.39, 0.29) is 0 Å². The maximum atomic E-state index is 3.52. The fourth-order valence-electron chi connectivity index (χ4n) is 2.91. The molecule has 94 valence electrons. The van der Waals surface area contributed by atoms with Crippen molar-refractivity contribution in [1.29, 1.82) is 0 Å². The first kappa shape index (κ1) is 14.6. The quantitative estimate of drug-likeness (QED) is 0.322. The summed E-state index contributed by atoms with van der Waals surface area (Å²) in [7, 11) is 0. The highest BCUT2D eigenvalue weighted by atomic mass is 15.1.